The number of aliphatic imine (C=N–C) groups is 1. The van der Waals surface area contributed by atoms with E-state index in [0.29, 0.717) is 21.7 Å². The minimum absolute atomic E-state index is 0.219. The van der Waals surface area contributed by atoms with Gasteiger partial charge in [-0.2, -0.15) is 0 Å². The number of ether oxygens (including phenoxy) is 1. The third kappa shape index (κ3) is 3.89. The maximum atomic E-state index is 12.7. The van der Waals surface area contributed by atoms with Gasteiger partial charge in [-0.25, -0.2) is 14.8 Å². The van der Waals surface area contributed by atoms with Crippen LogP contribution < -0.4 is 4.90 Å². The molecule has 0 atom stereocenters. The van der Waals surface area contributed by atoms with E-state index in [0.717, 1.165) is 17.8 Å². The van der Waals surface area contributed by atoms with Crippen LogP contribution in [0.5, 0.6) is 0 Å². The minimum Gasteiger partial charge on any atom is -0.466 e. The van der Waals surface area contributed by atoms with Crippen LogP contribution in [0.1, 0.15) is 0 Å². The summed E-state index contributed by atoms with van der Waals surface area (Å²) in [4.78, 5) is 34.4. The third-order valence-electron chi connectivity index (χ3n) is 3.20. The Hall–Kier alpha value is -2.64. The number of methoxy groups -OCH3 is 1. The van der Waals surface area contributed by atoms with Crippen molar-refractivity contribution in [2.24, 2.45) is 4.99 Å². The topological polar surface area (TPSA) is 71.9 Å². The fourth-order valence-electron chi connectivity index (χ4n) is 2.05. The van der Waals surface area contributed by atoms with Crippen molar-refractivity contribution in [3.05, 3.63) is 64.7 Å². The molecule has 6 nitrogen and oxygen atoms in total. The van der Waals surface area contributed by atoms with Crippen molar-refractivity contribution in [2.45, 2.75) is 0 Å². The summed E-state index contributed by atoms with van der Waals surface area (Å²) in [5, 5.41) is 0.942. The van der Waals surface area contributed by atoms with E-state index in [9.17, 15) is 9.59 Å². The van der Waals surface area contributed by atoms with E-state index in [4.69, 9.17) is 11.6 Å². The number of amides is 1. The number of benzene rings is 1. The van der Waals surface area contributed by atoms with Crippen LogP contribution in [0.25, 0.3) is 0 Å². The Morgan fingerprint density at radius 2 is 2.04 bits per heavy atom. The molecule has 2 aromatic rings. The van der Waals surface area contributed by atoms with E-state index in [-0.39, 0.29) is 10.8 Å². The molecule has 0 spiro atoms. The summed E-state index contributed by atoms with van der Waals surface area (Å²) in [6, 6.07) is 12.1. The lowest BCUT2D eigenvalue weighted by atomic mass is 10.3. The summed E-state index contributed by atoms with van der Waals surface area (Å²) in [5.41, 5.74) is 0.588. The van der Waals surface area contributed by atoms with Crippen molar-refractivity contribution in [2.75, 3.05) is 12.0 Å². The Morgan fingerprint density at radius 1 is 1.28 bits per heavy atom. The Bertz CT molecular complexity index is 866. The number of hydrogen-bond donors (Lipinski definition) is 0. The zero-order valence-corrected chi connectivity index (χ0v) is 14.6. The first-order valence-corrected chi connectivity index (χ1v) is 8.35. The number of carbonyl (C=O) groups is 2. The van der Waals surface area contributed by atoms with Gasteiger partial charge >= 0.3 is 5.97 Å². The highest BCUT2D eigenvalue weighted by Crippen LogP contribution is 2.36. The van der Waals surface area contributed by atoms with Crippen LogP contribution in [0, 0.1) is 0 Å². The average Bonchev–Trinajstić information content (AvgIpc) is 2.92. The van der Waals surface area contributed by atoms with Crippen LogP contribution in [0.3, 0.4) is 0 Å². The zero-order valence-electron chi connectivity index (χ0n) is 13.0. The number of rotatable bonds is 3. The fourth-order valence-corrected chi connectivity index (χ4v) is 3.13. The summed E-state index contributed by atoms with van der Waals surface area (Å²) in [6.45, 7) is 0. The van der Waals surface area contributed by atoms with Crippen molar-refractivity contribution in [3.8, 4) is 0 Å². The molecule has 0 bridgehead atoms. The Morgan fingerprint density at radius 3 is 2.68 bits per heavy atom. The summed E-state index contributed by atoms with van der Waals surface area (Å²) < 4.78 is 4.60. The van der Waals surface area contributed by atoms with Crippen molar-refractivity contribution >= 4 is 51.9 Å². The molecule has 0 aliphatic carbocycles. The van der Waals surface area contributed by atoms with Gasteiger partial charge in [0.2, 0.25) is 0 Å². The number of anilines is 1. The van der Waals surface area contributed by atoms with Gasteiger partial charge < -0.3 is 4.74 Å². The third-order valence-corrected chi connectivity index (χ3v) is 4.42. The molecule has 8 heteroatoms. The van der Waals surface area contributed by atoms with Gasteiger partial charge in [0.1, 0.15) is 0 Å². The summed E-state index contributed by atoms with van der Waals surface area (Å²) in [7, 11) is 1.25. The summed E-state index contributed by atoms with van der Waals surface area (Å²) in [6.07, 6.45) is 2.76. The van der Waals surface area contributed by atoms with Gasteiger partial charge in [0, 0.05) is 17.3 Å². The number of pyridine rings is 1. The lowest BCUT2D eigenvalue weighted by Crippen LogP contribution is -2.28. The number of thioether (sulfide) groups is 1. The molecule has 126 valence electrons. The number of carbonyl (C=O) groups excluding carboxylic acids is 2. The average molecular weight is 374 g/mol. The monoisotopic (exact) mass is 373 g/mol. The van der Waals surface area contributed by atoms with Crippen molar-refractivity contribution in [1.82, 2.24) is 4.98 Å². The molecule has 2 heterocycles. The second kappa shape index (κ2) is 7.50. The number of halogens is 1. The normalized spacial score (nSPS) is 17.4. The molecule has 0 saturated carbocycles. The Labute approximate surface area is 153 Å². The minimum atomic E-state index is -0.606. The maximum Gasteiger partial charge on any atom is 0.331 e. The van der Waals surface area contributed by atoms with E-state index in [2.05, 4.69) is 14.7 Å². The van der Waals surface area contributed by atoms with Gasteiger partial charge in [-0.05, 0) is 48.2 Å². The van der Waals surface area contributed by atoms with Crippen LogP contribution in [0.15, 0.2) is 64.6 Å². The number of amidine groups is 1. The number of esters is 1. The van der Waals surface area contributed by atoms with Crippen LogP contribution in [0.2, 0.25) is 5.02 Å². The smallest absolute Gasteiger partial charge is 0.331 e. The molecule has 0 radical (unpaired) electrons. The van der Waals surface area contributed by atoms with E-state index >= 15 is 0 Å². The highest BCUT2D eigenvalue weighted by molar-refractivity contribution is 8.19. The lowest BCUT2D eigenvalue weighted by molar-refractivity contribution is -0.135. The van der Waals surface area contributed by atoms with E-state index in [1.165, 1.54) is 12.0 Å². The SMILES string of the molecule is COC(=O)/C=C1\SC(=Nc2ccccn2)N(c2ccc(Cl)cc2)C1=O. The van der Waals surface area contributed by atoms with Crippen LogP contribution >= 0.6 is 23.4 Å². The molecule has 1 aliphatic heterocycles. The second-order valence-corrected chi connectivity index (χ2v) is 6.28. The highest BCUT2D eigenvalue weighted by Gasteiger charge is 2.35. The number of aromatic nitrogens is 1. The molecule has 1 aromatic carbocycles. The largest absolute Gasteiger partial charge is 0.466 e. The Balaban J connectivity index is 2.05. The van der Waals surface area contributed by atoms with Crippen LogP contribution in [-0.4, -0.2) is 29.1 Å². The molecule has 3 rings (SSSR count). The van der Waals surface area contributed by atoms with Gasteiger partial charge in [-0.3, -0.25) is 9.69 Å². The molecule has 25 heavy (non-hydrogen) atoms. The second-order valence-electron chi connectivity index (χ2n) is 4.83. The molecular weight excluding hydrogens is 362 g/mol. The number of hydrogen-bond acceptors (Lipinski definition) is 6. The number of nitrogens with zero attached hydrogens (tertiary/aromatic N) is 3. The first-order valence-electron chi connectivity index (χ1n) is 7.16. The predicted molar refractivity (Wildman–Crippen MR) is 98.0 cm³/mol. The zero-order chi connectivity index (χ0) is 17.8. The molecule has 1 amide bonds. The highest BCUT2D eigenvalue weighted by atomic mass is 35.5. The van der Waals surface area contributed by atoms with E-state index < -0.39 is 5.97 Å². The maximum absolute atomic E-state index is 12.7. The van der Waals surface area contributed by atoms with Crippen LogP contribution in [0.4, 0.5) is 11.5 Å². The van der Waals surface area contributed by atoms with E-state index in [1.54, 1.807) is 48.7 Å². The molecule has 1 aromatic heterocycles. The molecule has 1 aliphatic rings. The van der Waals surface area contributed by atoms with Crippen molar-refractivity contribution in [3.63, 3.8) is 0 Å². The summed E-state index contributed by atoms with van der Waals surface area (Å²) in [5.74, 6) is -0.519. The lowest BCUT2D eigenvalue weighted by Gasteiger charge is -2.15. The molecule has 0 N–H and O–H groups in total. The predicted octanol–water partition coefficient (Wildman–Crippen LogP) is 3.56. The van der Waals surface area contributed by atoms with E-state index in [1.807, 2.05) is 0 Å². The van der Waals surface area contributed by atoms with Gasteiger partial charge in [0.05, 0.1) is 17.7 Å². The van der Waals surface area contributed by atoms with Gasteiger partial charge in [0.25, 0.3) is 5.91 Å². The fraction of sp³-hybridized carbons (Fsp3) is 0.0588. The van der Waals surface area contributed by atoms with Crippen molar-refractivity contribution < 1.29 is 14.3 Å². The first-order chi connectivity index (χ1) is 12.1. The molecule has 0 unspecified atom stereocenters. The molecule has 1 fully saturated rings. The Kier molecular flexibility index (Phi) is 5.16. The van der Waals surface area contributed by atoms with Gasteiger partial charge in [-0.15, -0.1) is 0 Å². The molecular formula is C17H12ClN3O3S. The van der Waals surface area contributed by atoms with Gasteiger partial charge in [-0.1, -0.05) is 17.7 Å². The van der Waals surface area contributed by atoms with Crippen LogP contribution in [-0.2, 0) is 14.3 Å². The quantitative estimate of drug-likeness (QED) is 0.607. The van der Waals surface area contributed by atoms with Gasteiger partial charge in [0.15, 0.2) is 11.0 Å². The van der Waals surface area contributed by atoms with Crippen molar-refractivity contribution in [1.29, 1.82) is 0 Å². The standard InChI is InChI=1S/C17H12ClN3O3S/c1-24-15(22)10-13-16(23)21(12-7-5-11(18)6-8-12)17(25-13)20-14-4-2-3-9-19-14/h2-10H,1H3/b13-10-,20-17?. The summed E-state index contributed by atoms with van der Waals surface area (Å²) >= 11 is 6.99. The first kappa shape index (κ1) is 17.2. The molecule has 1 saturated heterocycles.